The van der Waals surface area contributed by atoms with Gasteiger partial charge in [0.25, 0.3) is 0 Å². The van der Waals surface area contributed by atoms with Crippen LogP contribution in [-0.4, -0.2) is 35.6 Å². The van der Waals surface area contributed by atoms with E-state index in [2.05, 4.69) is 33.4 Å². The van der Waals surface area contributed by atoms with Gasteiger partial charge in [-0.2, -0.15) is 0 Å². The molecule has 3 rings (SSSR count). The molecule has 3 nitrogen and oxygen atoms in total. The molecular formula is C19H24ClN3. The molecular weight excluding hydrogens is 306 g/mol. The van der Waals surface area contributed by atoms with Gasteiger partial charge in [0, 0.05) is 36.5 Å². The molecule has 0 amide bonds. The Morgan fingerprint density at radius 1 is 1.09 bits per heavy atom. The van der Waals surface area contributed by atoms with Gasteiger partial charge in [0.15, 0.2) is 0 Å². The van der Waals surface area contributed by atoms with E-state index in [1.165, 1.54) is 37.1 Å². The predicted molar refractivity (Wildman–Crippen MR) is 95.7 cm³/mol. The van der Waals surface area contributed by atoms with E-state index in [-0.39, 0.29) is 0 Å². The zero-order valence-electron chi connectivity index (χ0n) is 13.4. The normalized spacial score (nSPS) is 16.6. The van der Waals surface area contributed by atoms with Crippen LogP contribution in [0.2, 0.25) is 5.02 Å². The van der Waals surface area contributed by atoms with Gasteiger partial charge >= 0.3 is 0 Å². The molecule has 4 heteroatoms. The molecule has 0 atom stereocenters. The Bertz CT molecular complexity index is 595. The van der Waals surface area contributed by atoms with Crippen LogP contribution in [0.1, 0.15) is 24.0 Å². The smallest absolute Gasteiger partial charge is 0.0450 e. The van der Waals surface area contributed by atoms with Crippen molar-refractivity contribution in [2.45, 2.75) is 31.8 Å². The lowest BCUT2D eigenvalue weighted by atomic mass is 10.0. The van der Waals surface area contributed by atoms with Gasteiger partial charge in [-0.3, -0.25) is 4.98 Å². The molecule has 1 aromatic heterocycles. The molecule has 0 unspecified atom stereocenters. The van der Waals surface area contributed by atoms with Gasteiger partial charge in [-0.15, -0.1) is 0 Å². The monoisotopic (exact) mass is 329 g/mol. The van der Waals surface area contributed by atoms with Crippen molar-refractivity contribution in [2.24, 2.45) is 0 Å². The Hall–Kier alpha value is -1.42. The van der Waals surface area contributed by atoms with Gasteiger partial charge in [0.2, 0.25) is 0 Å². The van der Waals surface area contributed by atoms with Crippen molar-refractivity contribution in [2.75, 3.05) is 19.6 Å². The van der Waals surface area contributed by atoms with E-state index in [4.69, 9.17) is 11.6 Å². The fourth-order valence-corrected chi connectivity index (χ4v) is 3.30. The van der Waals surface area contributed by atoms with Gasteiger partial charge in [0.05, 0.1) is 0 Å². The summed E-state index contributed by atoms with van der Waals surface area (Å²) >= 11 is 6.21. The van der Waals surface area contributed by atoms with Crippen LogP contribution < -0.4 is 5.32 Å². The van der Waals surface area contributed by atoms with Crippen molar-refractivity contribution in [3.63, 3.8) is 0 Å². The van der Waals surface area contributed by atoms with Gasteiger partial charge in [-0.05, 0) is 61.7 Å². The van der Waals surface area contributed by atoms with Gasteiger partial charge < -0.3 is 10.2 Å². The summed E-state index contributed by atoms with van der Waals surface area (Å²) < 4.78 is 0. The van der Waals surface area contributed by atoms with E-state index in [0.717, 1.165) is 24.5 Å². The maximum absolute atomic E-state index is 6.21. The minimum absolute atomic E-state index is 0.600. The fraction of sp³-hybridized carbons (Fsp3) is 0.421. The zero-order valence-corrected chi connectivity index (χ0v) is 14.2. The third kappa shape index (κ3) is 5.03. The van der Waals surface area contributed by atoms with Crippen molar-refractivity contribution in [3.8, 4) is 0 Å². The second kappa shape index (κ2) is 8.44. The molecule has 0 aliphatic carbocycles. The van der Waals surface area contributed by atoms with Crippen LogP contribution in [0.15, 0.2) is 48.8 Å². The van der Waals surface area contributed by atoms with Crippen molar-refractivity contribution < 1.29 is 0 Å². The lowest BCUT2D eigenvalue weighted by Gasteiger charge is -2.32. The summed E-state index contributed by atoms with van der Waals surface area (Å²) in [6, 6.07) is 12.9. The Morgan fingerprint density at radius 2 is 1.83 bits per heavy atom. The van der Waals surface area contributed by atoms with Crippen LogP contribution in [0.3, 0.4) is 0 Å². The maximum atomic E-state index is 6.21. The van der Waals surface area contributed by atoms with Crippen molar-refractivity contribution >= 4 is 11.6 Å². The molecule has 2 aromatic rings. The highest BCUT2D eigenvalue weighted by molar-refractivity contribution is 6.31. The minimum Gasteiger partial charge on any atom is -0.310 e. The van der Waals surface area contributed by atoms with Crippen LogP contribution in [0.5, 0.6) is 0 Å². The van der Waals surface area contributed by atoms with E-state index in [9.17, 15) is 0 Å². The topological polar surface area (TPSA) is 28.2 Å². The first-order valence-corrected chi connectivity index (χ1v) is 8.77. The first kappa shape index (κ1) is 16.4. The van der Waals surface area contributed by atoms with Gasteiger partial charge in [-0.25, -0.2) is 0 Å². The third-order valence-corrected chi connectivity index (χ3v) is 4.96. The van der Waals surface area contributed by atoms with E-state index >= 15 is 0 Å². The highest BCUT2D eigenvalue weighted by Crippen LogP contribution is 2.16. The average molecular weight is 330 g/mol. The Labute approximate surface area is 143 Å². The second-order valence-corrected chi connectivity index (χ2v) is 6.60. The minimum atomic E-state index is 0.600. The number of halogens is 1. The number of nitrogens with zero attached hydrogens (tertiary/aromatic N) is 2. The number of hydrogen-bond donors (Lipinski definition) is 1. The Morgan fingerprint density at radius 3 is 2.57 bits per heavy atom. The molecule has 23 heavy (non-hydrogen) atoms. The summed E-state index contributed by atoms with van der Waals surface area (Å²) in [5.74, 6) is 0. The summed E-state index contributed by atoms with van der Waals surface area (Å²) in [6.07, 6.45) is 7.28. The molecule has 1 aromatic carbocycles. The quantitative estimate of drug-likeness (QED) is 0.878. The van der Waals surface area contributed by atoms with Crippen molar-refractivity contribution in [1.82, 2.24) is 15.2 Å². The molecule has 1 aliphatic heterocycles. The number of benzene rings is 1. The summed E-state index contributed by atoms with van der Waals surface area (Å²) in [5.41, 5.74) is 2.56. The first-order valence-electron chi connectivity index (χ1n) is 8.39. The molecule has 0 radical (unpaired) electrons. The molecule has 1 fully saturated rings. The molecule has 2 heterocycles. The highest BCUT2D eigenvalue weighted by Gasteiger charge is 2.18. The summed E-state index contributed by atoms with van der Waals surface area (Å²) in [7, 11) is 0. The summed E-state index contributed by atoms with van der Waals surface area (Å²) in [5, 5.41) is 4.51. The first-order chi connectivity index (χ1) is 11.3. The van der Waals surface area contributed by atoms with E-state index in [1.807, 2.05) is 30.6 Å². The maximum Gasteiger partial charge on any atom is 0.0450 e. The van der Waals surface area contributed by atoms with Crippen LogP contribution in [0.4, 0.5) is 0 Å². The second-order valence-electron chi connectivity index (χ2n) is 6.19. The molecule has 0 spiro atoms. The highest BCUT2D eigenvalue weighted by atomic mass is 35.5. The fourth-order valence-electron chi connectivity index (χ4n) is 3.09. The molecule has 0 saturated carbocycles. The number of nitrogens with one attached hydrogen (secondary N) is 1. The Kier molecular flexibility index (Phi) is 6.03. The predicted octanol–water partition coefficient (Wildman–Crippen LogP) is 3.53. The van der Waals surface area contributed by atoms with E-state index in [0.29, 0.717) is 6.04 Å². The number of likely N-dealkylation sites (tertiary alicyclic amines) is 1. The Balaban J connectivity index is 1.38. The van der Waals surface area contributed by atoms with Crippen LogP contribution in [0, 0.1) is 0 Å². The van der Waals surface area contributed by atoms with E-state index in [1.54, 1.807) is 0 Å². The molecule has 122 valence electrons. The van der Waals surface area contributed by atoms with Crippen LogP contribution >= 0.6 is 11.6 Å². The standard InChI is InChI=1S/C19H24ClN3/c20-19-4-2-1-3-17(19)15-22-18-8-13-23(14-9-18)12-7-16-5-10-21-11-6-16/h1-6,10-11,18,22H,7-9,12-15H2. The van der Waals surface area contributed by atoms with Crippen LogP contribution in [-0.2, 0) is 13.0 Å². The number of aromatic nitrogens is 1. The molecule has 1 saturated heterocycles. The molecule has 1 N–H and O–H groups in total. The van der Waals surface area contributed by atoms with Gasteiger partial charge in [0.1, 0.15) is 0 Å². The van der Waals surface area contributed by atoms with Crippen LogP contribution in [0.25, 0.3) is 0 Å². The number of pyridine rings is 1. The molecule has 1 aliphatic rings. The van der Waals surface area contributed by atoms with E-state index < -0.39 is 0 Å². The third-order valence-electron chi connectivity index (χ3n) is 4.59. The summed E-state index contributed by atoms with van der Waals surface area (Å²) in [6.45, 7) is 4.35. The summed E-state index contributed by atoms with van der Waals surface area (Å²) in [4.78, 5) is 6.63. The van der Waals surface area contributed by atoms with Crippen molar-refractivity contribution in [1.29, 1.82) is 0 Å². The zero-order chi connectivity index (χ0) is 15.9. The lowest BCUT2D eigenvalue weighted by molar-refractivity contribution is 0.199. The number of piperidine rings is 1. The van der Waals surface area contributed by atoms with Gasteiger partial charge in [-0.1, -0.05) is 29.8 Å². The largest absolute Gasteiger partial charge is 0.310 e. The van der Waals surface area contributed by atoms with Crippen molar-refractivity contribution in [3.05, 3.63) is 64.9 Å². The number of rotatable bonds is 6. The molecule has 0 bridgehead atoms. The SMILES string of the molecule is Clc1ccccc1CNC1CCN(CCc2ccncc2)CC1. The lowest BCUT2D eigenvalue weighted by Crippen LogP contribution is -2.42. The number of hydrogen-bond acceptors (Lipinski definition) is 3. The average Bonchev–Trinajstić information content (AvgIpc) is 2.61.